The van der Waals surface area contributed by atoms with Crippen LogP contribution in [0.3, 0.4) is 0 Å². The van der Waals surface area contributed by atoms with E-state index in [2.05, 4.69) is 36.3 Å². The van der Waals surface area contributed by atoms with Crippen LogP contribution >= 0.6 is 23.1 Å². The highest BCUT2D eigenvalue weighted by molar-refractivity contribution is 7.99. The molecule has 0 saturated carbocycles. The van der Waals surface area contributed by atoms with Crippen LogP contribution in [-0.2, 0) is 5.75 Å². The van der Waals surface area contributed by atoms with E-state index in [4.69, 9.17) is 0 Å². The fraction of sp³-hybridized carbons (Fsp3) is 0.750. The molecule has 0 aromatic carbocycles. The zero-order valence-electron chi connectivity index (χ0n) is 8.20. The van der Waals surface area contributed by atoms with Gasteiger partial charge < -0.3 is 5.32 Å². The minimum Gasteiger partial charge on any atom is -0.360 e. The summed E-state index contributed by atoms with van der Waals surface area (Å²) in [6.45, 7) is 7.35. The van der Waals surface area contributed by atoms with Gasteiger partial charge in [-0.25, -0.2) is 0 Å². The summed E-state index contributed by atoms with van der Waals surface area (Å²) in [6.07, 6.45) is 0. The first-order chi connectivity index (χ1) is 6.22. The number of hydrogen-bond donors (Lipinski definition) is 1. The van der Waals surface area contributed by atoms with Gasteiger partial charge in [-0.2, -0.15) is 11.8 Å². The van der Waals surface area contributed by atoms with Crippen LogP contribution < -0.4 is 5.32 Å². The van der Waals surface area contributed by atoms with Crippen molar-refractivity contribution in [1.82, 2.24) is 10.2 Å². The first kappa shape index (κ1) is 10.8. The number of rotatable bonds is 5. The molecule has 0 aliphatic carbocycles. The molecule has 1 rings (SSSR count). The molecule has 5 heteroatoms. The molecule has 0 unspecified atom stereocenters. The van der Waals surface area contributed by atoms with Crippen LogP contribution in [0, 0.1) is 0 Å². The van der Waals surface area contributed by atoms with Crippen LogP contribution in [0.25, 0.3) is 0 Å². The lowest BCUT2D eigenvalue weighted by Crippen LogP contribution is -1.94. The maximum atomic E-state index is 4.09. The van der Waals surface area contributed by atoms with Crippen molar-refractivity contribution in [3.63, 3.8) is 0 Å². The Balaban J connectivity index is 2.39. The first-order valence-corrected chi connectivity index (χ1v) is 6.26. The highest BCUT2D eigenvalue weighted by Crippen LogP contribution is 2.22. The highest BCUT2D eigenvalue weighted by atomic mass is 32.2. The summed E-state index contributed by atoms with van der Waals surface area (Å²) in [5.41, 5.74) is 0. The van der Waals surface area contributed by atoms with Crippen LogP contribution in [0.4, 0.5) is 5.13 Å². The summed E-state index contributed by atoms with van der Waals surface area (Å²) in [7, 11) is 0. The Morgan fingerprint density at radius 2 is 2.23 bits per heavy atom. The van der Waals surface area contributed by atoms with Crippen LogP contribution in [0.15, 0.2) is 0 Å². The van der Waals surface area contributed by atoms with Crippen LogP contribution in [0.1, 0.15) is 25.8 Å². The minimum absolute atomic E-state index is 0.659. The number of hydrogen-bond acceptors (Lipinski definition) is 5. The second-order valence-corrected chi connectivity index (χ2v) is 5.52. The molecule has 1 aromatic rings. The van der Waals surface area contributed by atoms with Crippen LogP contribution in [0.2, 0.25) is 0 Å². The summed E-state index contributed by atoms with van der Waals surface area (Å²) in [5, 5.41) is 14.0. The maximum Gasteiger partial charge on any atom is 0.205 e. The maximum absolute atomic E-state index is 4.09. The zero-order chi connectivity index (χ0) is 9.68. The van der Waals surface area contributed by atoms with Gasteiger partial charge in [-0.05, 0) is 12.2 Å². The lowest BCUT2D eigenvalue weighted by molar-refractivity contribution is 1.02. The van der Waals surface area contributed by atoms with Crippen LogP contribution in [-0.4, -0.2) is 22.0 Å². The van der Waals surface area contributed by atoms with E-state index in [9.17, 15) is 0 Å². The smallest absolute Gasteiger partial charge is 0.205 e. The van der Waals surface area contributed by atoms with E-state index in [1.807, 2.05) is 11.8 Å². The summed E-state index contributed by atoms with van der Waals surface area (Å²) < 4.78 is 0. The van der Waals surface area contributed by atoms with Gasteiger partial charge in [0.05, 0.1) is 0 Å². The Bertz CT molecular complexity index is 247. The van der Waals surface area contributed by atoms with Gasteiger partial charge >= 0.3 is 0 Å². The Morgan fingerprint density at radius 3 is 2.85 bits per heavy atom. The van der Waals surface area contributed by atoms with Crippen molar-refractivity contribution in [3.05, 3.63) is 5.01 Å². The van der Waals surface area contributed by atoms with Crippen molar-refractivity contribution < 1.29 is 0 Å². The van der Waals surface area contributed by atoms with Gasteiger partial charge in [0.2, 0.25) is 5.13 Å². The van der Waals surface area contributed by atoms with Gasteiger partial charge in [-0.15, -0.1) is 10.2 Å². The minimum atomic E-state index is 0.659. The summed E-state index contributed by atoms with van der Waals surface area (Å²) >= 11 is 3.54. The third-order valence-corrected chi connectivity index (χ3v) is 3.51. The van der Waals surface area contributed by atoms with Crippen molar-refractivity contribution in [2.45, 2.75) is 31.8 Å². The molecule has 1 N–H and O–H groups in total. The lowest BCUT2D eigenvalue weighted by atomic mass is 10.6. The van der Waals surface area contributed by atoms with Crippen molar-refractivity contribution in [1.29, 1.82) is 0 Å². The molecule has 0 saturated heterocycles. The molecule has 0 radical (unpaired) electrons. The molecule has 0 aliphatic rings. The molecular weight excluding hydrogens is 202 g/mol. The number of anilines is 1. The Kier molecular flexibility index (Phi) is 4.52. The van der Waals surface area contributed by atoms with Gasteiger partial charge in [0.25, 0.3) is 0 Å². The predicted octanol–water partition coefficient (Wildman–Crippen LogP) is 2.61. The van der Waals surface area contributed by atoms with Gasteiger partial charge in [-0.3, -0.25) is 0 Å². The largest absolute Gasteiger partial charge is 0.360 e. The second kappa shape index (κ2) is 5.44. The Labute approximate surface area is 87.3 Å². The number of nitrogens with zero attached hydrogens (tertiary/aromatic N) is 2. The van der Waals surface area contributed by atoms with Crippen LogP contribution in [0.5, 0.6) is 0 Å². The van der Waals surface area contributed by atoms with E-state index in [-0.39, 0.29) is 0 Å². The third-order valence-electron chi connectivity index (χ3n) is 1.33. The summed E-state index contributed by atoms with van der Waals surface area (Å²) in [4.78, 5) is 0. The average Bonchev–Trinajstić information content (AvgIpc) is 2.50. The van der Waals surface area contributed by atoms with E-state index < -0.39 is 0 Å². The van der Waals surface area contributed by atoms with Crippen molar-refractivity contribution >= 4 is 28.2 Å². The van der Waals surface area contributed by atoms with Gasteiger partial charge in [0.1, 0.15) is 5.01 Å². The van der Waals surface area contributed by atoms with Gasteiger partial charge in [0, 0.05) is 12.3 Å². The van der Waals surface area contributed by atoms with Crippen molar-refractivity contribution in [2.24, 2.45) is 0 Å². The SMILES string of the molecule is CCNc1nnc(CSC(C)C)s1. The fourth-order valence-corrected chi connectivity index (χ4v) is 2.35. The van der Waals surface area contributed by atoms with Gasteiger partial charge in [0.15, 0.2) is 0 Å². The molecule has 74 valence electrons. The first-order valence-electron chi connectivity index (χ1n) is 4.40. The molecule has 0 aliphatic heterocycles. The molecular formula is C8H15N3S2. The number of thioether (sulfide) groups is 1. The van der Waals surface area contributed by atoms with E-state index in [1.165, 1.54) is 0 Å². The average molecular weight is 217 g/mol. The Morgan fingerprint density at radius 1 is 1.46 bits per heavy atom. The molecule has 0 amide bonds. The third kappa shape index (κ3) is 3.95. The monoisotopic (exact) mass is 217 g/mol. The number of aromatic nitrogens is 2. The summed E-state index contributed by atoms with van der Waals surface area (Å²) in [6, 6.07) is 0. The molecule has 0 spiro atoms. The predicted molar refractivity (Wildman–Crippen MR) is 60.5 cm³/mol. The van der Waals surface area contributed by atoms with Crippen molar-refractivity contribution in [2.75, 3.05) is 11.9 Å². The molecule has 0 atom stereocenters. The molecule has 13 heavy (non-hydrogen) atoms. The van der Waals surface area contributed by atoms with E-state index in [0.717, 1.165) is 22.4 Å². The molecule has 0 bridgehead atoms. The standard InChI is InChI=1S/C8H15N3S2/c1-4-9-8-11-10-7(13-8)5-12-6(2)3/h6H,4-5H2,1-3H3,(H,9,11). The zero-order valence-corrected chi connectivity index (χ0v) is 9.84. The van der Waals surface area contributed by atoms with E-state index >= 15 is 0 Å². The normalized spacial score (nSPS) is 10.8. The second-order valence-electron chi connectivity index (χ2n) is 2.89. The summed E-state index contributed by atoms with van der Waals surface area (Å²) in [5.74, 6) is 0.973. The molecule has 3 nitrogen and oxygen atoms in total. The van der Waals surface area contributed by atoms with E-state index in [0.29, 0.717) is 5.25 Å². The van der Waals surface area contributed by atoms with Gasteiger partial charge in [-0.1, -0.05) is 25.2 Å². The fourth-order valence-electron chi connectivity index (χ4n) is 0.773. The Hall–Kier alpha value is -0.290. The topological polar surface area (TPSA) is 37.8 Å². The number of nitrogens with one attached hydrogen (secondary N) is 1. The van der Waals surface area contributed by atoms with E-state index in [1.54, 1.807) is 11.3 Å². The molecule has 1 aromatic heterocycles. The lowest BCUT2D eigenvalue weighted by Gasteiger charge is -1.99. The molecule has 1 heterocycles. The van der Waals surface area contributed by atoms with Crippen molar-refractivity contribution in [3.8, 4) is 0 Å². The molecule has 0 fully saturated rings. The quantitative estimate of drug-likeness (QED) is 0.822. The highest BCUT2D eigenvalue weighted by Gasteiger charge is 2.03.